The highest BCUT2D eigenvalue weighted by atomic mass is 32.1. The van der Waals surface area contributed by atoms with Crippen molar-refractivity contribution < 1.29 is 14.3 Å². The number of hydrogen-bond acceptors (Lipinski definition) is 6. The highest BCUT2D eigenvalue weighted by Gasteiger charge is 2.27. The monoisotopic (exact) mass is 418 g/mol. The summed E-state index contributed by atoms with van der Waals surface area (Å²) in [7, 11) is 1.25. The highest BCUT2D eigenvalue weighted by Crippen LogP contribution is 2.31. The molecule has 30 heavy (non-hydrogen) atoms. The first-order valence-electron chi connectivity index (χ1n) is 9.30. The van der Waals surface area contributed by atoms with E-state index in [2.05, 4.69) is 4.98 Å². The van der Waals surface area contributed by atoms with Crippen molar-refractivity contribution in [2.45, 2.75) is 12.5 Å². The van der Waals surface area contributed by atoms with Gasteiger partial charge in [-0.25, -0.2) is 4.98 Å². The number of nitrogens with zero attached hydrogens (tertiary/aromatic N) is 2. The van der Waals surface area contributed by atoms with Crippen LogP contribution in [0.4, 0.5) is 0 Å². The molecular weight excluding hydrogens is 400 g/mol. The van der Waals surface area contributed by atoms with Crippen LogP contribution in [-0.4, -0.2) is 28.4 Å². The Kier molecular flexibility index (Phi) is 5.54. The van der Waals surface area contributed by atoms with Crippen LogP contribution < -0.4 is 5.56 Å². The lowest BCUT2D eigenvalue weighted by Crippen LogP contribution is -2.32. The lowest BCUT2D eigenvalue weighted by Gasteiger charge is -2.17. The predicted molar refractivity (Wildman–Crippen MR) is 116 cm³/mol. The summed E-state index contributed by atoms with van der Waals surface area (Å²) in [5, 5.41) is 0.414. The average Bonchev–Trinajstić information content (AvgIpc) is 3.24. The van der Waals surface area contributed by atoms with Gasteiger partial charge >= 0.3 is 5.97 Å². The number of carbonyl (C=O) groups excluding carboxylic acids is 2. The SMILES string of the molecule is COC(=O)CC(C(=O)c1ccccc1)n1cnc2sc(-c3ccccc3)cc2c1=O. The van der Waals surface area contributed by atoms with Crippen molar-refractivity contribution in [2.75, 3.05) is 7.11 Å². The molecule has 4 aromatic rings. The molecule has 6 nitrogen and oxygen atoms in total. The van der Waals surface area contributed by atoms with Gasteiger partial charge in [0, 0.05) is 10.4 Å². The molecule has 1 atom stereocenters. The summed E-state index contributed by atoms with van der Waals surface area (Å²) in [4.78, 5) is 44.2. The number of thiophene rings is 1. The predicted octanol–water partition coefficient (Wildman–Crippen LogP) is 4.11. The number of carbonyl (C=O) groups is 2. The number of rotatable bonds is 6. The van der Waals surface area contributed by atoms with Crippen molar-refractivity contribution in [1.29, 1.82) is 0 Å². The number of hydrogen-bond donors (Lipinski definition) is 0. The van der Waals surface area contributed by atoms with Crippen LogP contribution in [-0.2, 0) is 9.53 Å². The van der Waals surface area contributed by atoms with E-state index in [9.17, 15) is 14.4 Å². The Morgan fingerprint density at radius 2 is 1.73 bits per heavy atom. The van der Waals surface area contributed by atoms with E-state index in [0.717, 1.165) is 10.4 Å². The Morgan fingerprint density at radius 3 is 2.40 bits per heavy atom. The van der Waals surface area contributed by atoms with E-state index >= 15 is 0 Å². The standard InChI is InChI=1S/C23H18N2O4S/c1-29-20(26)13-18(21(27)16-10-6-3-7-11-16)25-14-24-22-17(23(25)28)12-19(30-22)15-8-4-2-5-9-15/h2-12,14,18H,13H2,1H3. The van der Waals surface area contributed by atoms with Crippen molar-refractivity contribution in [3.8, 4) is 10.4 Å². The van der Waals surface area contributed by atoms with Gasteiger partial charge in [0.05, 0.1) is 25.2 Å². The minimum atomic E-state index is -1.04. The Balaban J connectivity index is 1.81. The van der Waals surface area contributed by atoms with Crippen LogP contribution in [0.2, 0.25) is 0 Å². The molecule has 0 fully saturated rings. The van der Waals surface area contributed by atoms with E-state index < -0.39 is 12.0 Å². The molecule has 0 bridgehead atoms. The molecule has 4 rings (SSSR count). The lowest BCUT2D eigenvalue weighted by molar-refractivity contribution is -0.141. The molecule has 2 aromatic carbocycles. The molecule has 150 valence electrons. The molecule has 7 heteroatoms. The zero-order valence-corrected chi connectivity index (χ0v) is 17.0. The topological polar surface area (TPSA) is 78.3 Å². The molecule has 0 spiro atoms. The fourth-order valence-corrected chi connectivity index (χ4v) is 4.25. The van der Waals surface area contributed by atoms with Gasteiger partial charge in [0.15, 0.2) is 5.78 Å². The summed E-state index contributed by atoms with van der Waals surface area (Å²) in [6.07, 6.45) is 1.08. The van der Waals surface area contributed by atoms with Gasteiger partial charge in [-0.2, -0.15) is 0 Å². The first-order chi connectivity index (χ1) is 14.6. The third kappa shape index (κ3) is 3.79. The van der Waals surface area contributed by atoms with Crippen molar-refractivity contribution in [2.24, 2.45) is 0 Å². The summed E-state index contributed by atoms with van der Waals surface area (Å²) in [6, 6.07) is 19.0. The maximum atomic E-state index is 13.2. The number of fused-ring (bicyclic) bond motifs is 1. The van der Waals surface area contributed by atoms with Crippen molar-refractivity contribution >= 4 is 33.3 Å². The smallest absolute Gasteiger partial charge is 0.308 e. The van der Waals surface area contributed by atoms with Crippen LogP contribution in [0, 0.1) is 0 Å². The molecule has 0 radical (unpaired) electrons. The summed E-state index contributed by atoms with van der Waals surface area (Å²) < 4.78 is 5.98. The number of Topliss-reactive ketones (excluding diaryl/α,β-unsaturated/α-hetero) is 1. The largest absolute Gasteiger partial charge is 0.469 e. The molecule has 1 unspecified atom stereocenters. The van der Waals surface area contributed by atoms with Crippen LogP contribution in [0.1, 0.15) is 22.8 Å². The van der Waals surface area contributed by atoms with E-state index in [0.29, 0.717) is 15.8 Å². The number of benzene rings is 2. The van der Waals surface area contributed by atoms with Crippen molar-refractivity contribution in [3.63, 3.8) is 0 Å². The van der Waals surface area contributed by atoms with Gasteiger partial charge in [0.1, 0.15) is 10.9 Å². The first kappa shape index (κ1) is 19.7. The van der Waals surface area contributed by atoms with Crippen LogP contribution >= 0.6 is 11.3 Å². The Hall–Kier alpha value is -3.58. The van der Waals surface area contributed by atoms with E-state index in [1.807, 2.05) is 30.3 Å². The summed E-state index contributed by atoms with van der Waals surface area (Å²) in [5.41, 5.74) is 1.03. The van der Waals surface area contributed by atoms with Crippen LogP contribution in [0.3, 0.4) is 0 Å². The van der Waals surface area contributed by atoms with Crippen molar-refractivity contribution in [1.82, 2.24) is 9.55 Å². The molecule has 0 aliphatic heterocycles. The fourth-order valence-electron chi connectivity index (χ4n) is 3.26. The molecule has 0 N–H and O–H groups in total. The Morgan fingerprint density at radius 1 is 1.07 bits per heavy atom. The minimum absolute atomic E-state index is 0.257. The van der Waals surface area contributed by atoms with Gasteiger partial charge in [0.2, 0.25) is 0 Å². The van der Waals surface area contributed by atoms with Gasteiger partial charge in [-0.15, -0.1) is 11.3 Å². The zero-order chi connectivity index (χ0) is 21.1. The third-order valence-corrected chi connectivity index (χ3v) is 5.91. The quantitative estimate of drug-likeness (QED) is 0.348. The summed E-state index contributed by atoms with van der Waals surface area (Å²) >= 11 is 1.41. The number of ketones is 1. The maximum Gasteiger partial charge on any atom is 0.308 e. The normalized spacial score (nSPS) is 11.9. The second kappa shape index (κ2) is 8.42. The number of ether oxygens (including phenoxy) is 1. The summed E-state index contributed by atoms with van der Waals surface area (Å²) in [5.74, 6) is -0.922. The molecule has 0 saturated carbocycles. The molecule has 0 amide bonds. The van der Waals surface area contributed by atoms with Gasteiger partial charge < -0.3 is 4.74 Å². The number of esters is 1. The number of methoxy groups -OCH3 is 1. The first-order valence-corrected chi connectivity index (χ1v) is 10.1. The van der Waals surface area contributed by atoms with E-state index in [1.165, 1.54) is 29.3 Å². The highest BCUT2D eigenvalue weighted by molar-refractivity contribution is 7.21. The molecule has 0 saturated heterocycles. The molecule has 0 aliphatic rings. The molecule has 2 heterocycles. The average molecular weight is 418 g/mol. The molecule has 0 aliphatic carbocycles. The zero-order valence-electron chi connectivity index (χ0n) is 16.1. The maximum absolute atomic E-state index is 13.2. The van der Waals surface area contributed by atoms with Gasteiger partial charge in [-0.1, -0.05) is 60.7 Å². The van der Waals surface area contributed by atoms with E-state index in [-0.39, 0.29) is 17.8 Å². The van der Waals surface area contributed by atoms with Gasteiger partial charge in [-0.05, 0) is 11.6 Å². The second-order valence-corrected chi connectivity index (χ2v) is 7.71. The van der Waals surface area contributed by atoms with Crippen molar-refractivity contribution in [3.05, 3.63) is 89.0 Å². The van der Waals surface area contributed by atoms with Crippen LogP contribution in [0.15, 0.2) is 77.9 Å². The minimum Gasteiger partial charge on any atom is -0.469 e. The fraction of sp³-hybridized carbons (Fsp3) is 0.130. The van der Waals surface area contributed by atoms with E-state index in [1.54, 1.807) is 36.4 Å². The van der Waals surface area contributed by atoms with Crippen LogP contribution in [0.25, 0.3) is 20.7 Å². The third-order valence-electron chi connectivity index (χ3n) is 4.82. The second-order valence-electron chi connectivity index (χ2n) is 6.68. The van der Waals surface area contributed by atoms with Gasteiger partial charge in [0.25, 0.3) is 5.56 Å². The van der Waals surface area contributed by atoms with Gasteiger partial charge in [-0.3, -0.25) is 19.0 Å². The lowest BCUT2D eigenvalue weighted by atomic mass is 10.0. The summed E-state index contributed by atoms with van der Waals surface area (Å²) in [6.45, 7) is 0. The molecule has 2 aromatic heterocycles. The van der Waals surface area contributed by atoms with E-state index in [4.69, 9.17) is 4.74 Å². The van der Waals surface area contributed by atoms with Crippen LogP contribution in [0.5, 0.6) is 0 Å². The molecular formula is C23H18N2O4S. The Bertz CT molecular complexity index is 1260. The Labute approximate surface area is 176 Å². The number of aromatic nitrogens is 2.